The van der Waals surface area contributed by atoms with Gasteiger partial charge in [0.05, 0.1) is 6.04 Å². The first kappa shape index (κ1) is 26.6. The van der Waals surface area contributed by atoms with Gasteiger partial charge in [0.15, 0.2) is 0 Å². The van der Waals surface area contributed by atoms with E-state index >= 15 is 0 Å². The lowest BCUT2D eigenvalue weighted by molar-refractivity contribution is -0.143. The van der Waals surface area contributed by atoms with Crippen LogP contribution < -0.4 is 16.4 Å². The molecule has 1 aliphatic rings. The van der Waals surface area contributed by atoms with Crippen LogP contribution in [-0.2, 0) is 30.4 Å². The van der Waals surface area contributed by atoms with Crippen molar-refractivity contribution < 1.29 is 39.3 Å². The molecule has 12 heteroatoms. The molecule has 7 N–H and O–H groups in total. The van der Waals surface area contributed by atoms with Gasteiger partial charge in [0, 0.05) is 19.4 Å². The standard InChI is InChI=1S/C22H30N4O8/c1-12(23)21(32)26-10-2-3-17(26)20(31)24-15(8-9-18(28)29)19(30)25-16(22(33)34)11-13-4-6-14(27)7-5-13/h4-7,12,15-17,27H,2-3,8-11,23H2,1H3,(H,24,31)(H,25,30)(H,28,29)(H,33,34). The van der Waals surface area contributed by atoms with Crippen molar-refractivity contribution in [2.24, 2.45) is 5.73 Å². The lowest BCUT2D eigenvalue weighted by atomic mass is 10.0. The third kappa shape index (κ3) is 7.44. The molecule has 0 spiro atoms. The molecule has 4 atom stereocenters. The van der Waals surface area contributed by atoms with E-state index in [0.717, 1.165) is 0 Å². The van der Waals surface area contributed by atoms with Crippen LogP contribution in [0.25, 0.3) is 0 Å². The fourth-order valence-electron chi connectivity index (χ4n) is 3.71. The van der Waals surface area contributed by atoms with Gasteiger partial charge in [0.1, 0.15) is 23.9 Å². The van der Waals surface area contributed by atoms with Gasteiger partial charge in [-0.25, -0.2) is 4.79 Å². The van der Waals surface area contributed by atoms with E-state index in [1.807, 2.05) is 0 Å². The van der Waals surface area contributed by atoms with Crippen LogP contribution in [0.15, 0.2) is 24.3 Å². The number of aromatic hydroxyl groups is 1. The molecule has 34 heavy (non-hydrogen) atoms. The first-order valence-electron chi connectivity index (χ1n) is 10.9. The number of nitrogens with two attached hydrogens (primary N) is 1. The molecule has 3 amide bonds. The number of likely N-dealkylation sites (tertiary alicyclic amines) is 1. The molecular weight excluding hydrogens is 448 g/mol. The largest absolute Gasteiger partial charge is 0.508 e. The van der Waals surface area contributed by atoms with Crippen LogP contribution >= 0.6 is 0 Å². The molecule has 12 nitrogen and oxygen atoms in total. The van der Waals surface area contributed by atoms with Crippen LogP contribution in [0.5, 0.6) is 5.75 Å². The zero-order valence-corrected chi connectivity index (χ0v) is 18.8. The highest BCUT2D eigenvalue weighted by molar-refractivity contribution is 5.94. The van der Waals surface area contributed by atoms with Gasteiger partial charge in [-0.15, -0.1) is 0 Å². The van der Waals surface area contributed by atoms with Crippen LogP contribution in [0.1, 0.15) is 38.2 Å². The first-order valence-corrected chi connectivity index (χ1v) is 10.9. The van der Waals surface area contributed by atoms with Crippen LogP contribution in [-0.4, -0.2) is 80.6 Å². The van der Waals surface area contributed by atoms with Crippen LogP contribution in [0.2, 0.25) is 0 Å². The van der Waals surface area contributed by atoms with Gasteiger partial charge in [-0.1, -0.05) is 12.1 Å². The number of carbonyl (C=O) groups is 5. The number of rotatable bonds is 11. The Morgan fingerprint density at radius 2 is 1.74 bits per heavy atom. The Balaban J connectivity index is 2.13. The summed E-state index contributed by atoms with van der Waals surface area (Å²) in [5, 5.41) is 32.8. The molecule has 2 rings (SSSR count). The van der Waals surface area contributed by atoms with Crippen molar-refractivity contribution in [1.82, 2.24) is 15.5 Å². The van der Waals surface area contributed by atoms with Crippen LogP contribution in [0, 0.1) is 0 Å². The number of nitrogens with one attached hydrogen (secondary N) is 2. The minimum atomic E-state index is -1.36. The topological polar surface area (TPSA) is 199 Å². The second-order valence-electron chi connectivity index (χ2n) is 8.24. The van der Waals surface area contributed by atoms with Gasteiger partial charge in [0.2, 0.25) is 17.7 Å². The van der Waals surface area contributed by atoms with Crippen molar-refractivity contribution in [2.45, 2.75) is 63.2 Å². The summed E-state index contributed by atoms with van der Waals surface area (Å²) >= 11 is 0. The summed E-state index contributed by atoms with van der Waals surface area (Å²) in [5.74, 6) is -4.43. The minimum Gasteiger partial charge on any atom is -0.508 e. The molecule has 1 saturated heterocycles. The molecule has 4 unspecified atom stereocenters. The quantitative estimate of drug-likeness (QED) is 0.235. The molecule has 1 aromatic rings. The summed E-state index contributed by atoms with van der Waals surface area (Å²) in [6, 6.07) is 1.42. The van der Waals surface area contributed by atoms with Crippen molar-refractivity contribution in [1.29, 1.82) is 0 Å². The third-order valence-electron chi connectivity index (χ3n) is 5.50. The Bertz CT molecular complexity index is 918. The smallest absolute Gasteiger partial charge is 0.326 e. The molecule has 1 fully saturated rings. The summed E-state index contributed by atoms with van der Waals surface area (Å²) in [5.41, 5.74) is 6.18. The number of benzene rings is 1. The maximum absolute atomic E-state index is 12.9. The van der Waals surface area contributed by atoms with Gasteiger partial charge < -0.3 is 36.6 Å². The van der Waals surface area contributed by atoms with E-state index < -0.39 is 60.2 Å². The Hall–Kier alpha value is -3.67. The number of carboxylic acid groups (broad SMARTS) is 2. The van der Waals surface area contributed by atoms with Crippen molar-refractivity contribution in [3.05, 3.63) is 29.8 Å². The van der Waals surface area contributed by atoms with Crippen molar-refractivity contribution >= 4 is 29.7 Å². The first-order chi connectivity index (χ1) is 16.0. The maximum atomic E-state index is 12.9. The molecular formula is C22H30N4O8. The molecule has 186 valence electrons. The zero-order chi connectivity index (χ0) is 25.4. The fourth-order valence-corrected chi connectivity index (χ4v) is 3.71. The average Bonchev–Trinajstić information content (AvgIpc) is 3.26. The second-order valence-corrected chi connectivity index (χ2v) is 8.24. The lowest BCUT2D eigenvalue weighted by Gasteiger charge is -2.28. The highest BCUT2D eigenvalue weighted by atomic mass is 16.4. The summed E-state index contributed by atoms with van der Waals surface area (Å²) in [4.78, 5) is 62.1. The van der Waals surface area contributed by atoms with E-state index in [4.69, 9.17) is 10.8 Å². The minimum absolute atomic E-state index is 0.000393. The van der Waals surface area contributed by atoms with E-state index in [1.54, 1.807) is 0 Å². The summed E-state index contributed by atoms with van der Waals surface area (Å²) in [6.07, 6.45) is 0.111. The van der Waals surface area contributed by atoms with Crippen molar-refractivity contribution in [3.8, 4) is 5.75 Å². The highest BCUT2D eigenvalue weighted by Gasteiger charge is 2.37. The highest BCUT2D eigenvalue weighted by Crippen LogP contribution is 2.19. The van der Waals surface area contributed by atoms with E-state index in [-0.39, 0.29) is 18.6 Å². The molecule has 0 bridgehead atoms. The Morgan fingerprint density at radius 1 is 1.09 bits per heavy atom. The Labute approximate surface area is 196 Å². The summed E-state index contributed by atoms with van der Waals surface area (Å²) in [6.45, 7) is 1.83. The molecule has 0 radical (unpaired) electrons. The second kappa shape index (κ2) is 12.0. The molecule has 0 aromatic heterocycles. The molecule has 1 heterocycles. The zero-order valence-electron chi connectivity index (χ0n) is 18.8. The summed E-state index contributed by atoms with van der Waals surface area (Å²) in [7, 11) is 0. The van der Waals surface area contributed by atoms with Gasteiger partial charge >= 0.3 is 11.9 Å². The molecule has 0 saturated carbocycles. The van der Waals surface area contributed by atoms with Crippen molar-refractivity contribution in [2.75, 3.05) is 6.54 Å². The van der Waals surface area contributed by atoms with E-state index in [2.05, 4.69) is 10.6 Å². The van der Waals surface area contributed by atoms with E-state index in [1.165, 1.54) is 36.1 Å². The number of aliphatic carboxylic acids is 2. The number of phenols is 1. The number of hydrogen-bond donors (Lipinski definition) is 6. The molecule has 1 aliphatic heterocycles. The average molecular weight is 479 g/mol. The van der Waals surface area contributed by atoms with E-state index in [9.17, 15) is 34.2 Å². The monoisotopic (exact) mass is 478 g/mol. The molecule has 1 aromatic carbocycles. The maximum Gasteiger partial charge on any atom is 0.326 e. The number of phenolic OH excluding ortho intramolecular Hbond substituents is 1. The van der Waals surface area contributed by atoms with Gasteiger partial charge in [-0.05, 0) is 43.9 Å². The normalized spacial score (nSPS) is 17.9. The Morgan fingerprint density at radius 3 is 2.29 bits per heavy atom. The number of carboxylic acids is 2. The van der Waals surface area contributed by atoms with Crippen LogP contribution in [0.4, 0.5) is 0 Å². The predicted molar refractivity (Wildman–Crippen MR) is 119 cm³/mol. The predicted octanol–water partition coefficient (Wildman–Crippen LogP) is -0.808. The van der Waals surface area contributed by atoms with Crippen molar-refractivity contribution in [3.63, 3.8) is 0 Å². The number of hydrogen-bond acceptors (Lipinski definition) is 7. The fraction of sp³-hybridized carbons (Fsp3) is 0.500. The molecule has 0 aliphatic carbocycles. The summed E-state index contributed by atoms with van der Waals surface area (Å²) < 4.78 is 0. The van der Waals surface area contributed by atoms with Gasteiger partial charge in [-0.2, -0.15) is 0 Å². The number of carbonyl (C=O) groups excluding carboxylic acids is 3. The number of nitrogens with zero attached hydrogens (tertiary/aromatic N) is 1. The van der Waals surface area contributed by atoms with E-state index in [0.29, 0.717) is 24.9 Å². The Kier molecular flexibility index (Phi) is 9.36. The van der Waals surface area contributed by atoms with Gasteiger partial charge in [0.25, 0.3) is 0 Å². The number of amides is 3. The SMILES string of the molecule is CC(N)C(=O)N1CCCC1C(=O)NC(CCC(=O)O)C(=O)NC(Cc1ccc(O)cc1)C(=O)O. The van der Waals surface area contributed by atoms with Crippen LogP contribution in [0.3, 0.4) is 0 Å². The third-order valence-corrected chi connectivity index (χ3v) is 5.50. The van der Waals surface area contributed by atoms with Gasteiger partial charge in [-0.3, -0.25) is 19.2 Å². The lowest BCUT2D eigenvalue weighted by Crippen LogP contribution is -2.56.